The van der Waals surface area contributed by atoms with E-state index in [1.54, 1.807) is 0 Å². The van der Waals surface area contributed by atoms with Crippen molar-refractivity contribution in [3.05, 3.63) is 47.0 Å². The van der Waals surface area contributed by atoms with Gasteiger partial charge in [0.05, 0.1) is 0 Å². The maximum Gasteiger partial charge on any atom is 0.0408 e. The molecule has 1 aromatic rings. The van der Waals surface area contributed by atoms with Crippen LogP contribution in [0, 0.1) is 0 Å². The predicted molar refractivity (Wildman–Crippen MR) is 56.1 cm³/mol. The van der Waals surface area contributed by atoms with Gasteiger partial charge in [0.1, 0.15) is 0 Å². The molecule has 0 radical (unpaired) electrons. The third-order valence-electron chi connectivity index (χ3n) is 2.21. The summed E-state index contributed by atoms with van der Waals surface area (Å²) < 4.78 is 0. The summed E-state index contributed by atoms with van der Waals surface area (Å²) in [5.41, 5.74) is 1.29. The number of nitrogens with one attached hydrogen (secondary N) is 1. The molecule has 0 saturated heterocycles. The van der Waals surface area contributed by atoms with Gasteiger partial charge in [-0.1, -0.05) is 35.9 Å². The van der Waals surface area contributed by atoms with Crippen LogP contribution < -0.4 is 5.32 Å². The molecule has 0 saturated carbocycles. The Balaban J connectivity index is 2.04. The Morgan fingerprint density at radius 2 is 2.38 bits per heavy atom. The van der Waals surface area contributed by atoms with Gasteiger partial charge in [-0.2, -0.15) is 0 Å². The lowest BCUT2D eigenvalue weighted by Gasteiger charge is -2.08. The Labute approximate surface area is 83.4 Å². The Hall–Kier alpha value is -0.790. The number of halogens is 1. The molecule has 2 heteroatoms. The second kappa shape index (κ2) is 3.95. The van der Waals surface area contributed by atoms with Crippen molar-refractivity contribution in [2.75, 3.05) is 6.54 Å². The summed E-state index contributed by atoms with van der Waals surface area (Å²) >= 11 is 5.89. The summed E-state index contributed by atoms with van der Waals surface area (Å²) in [7, 11) is 0. The standard InChI is InChI=1S/C11H12ClN/c12-10-4-1-3-9(7-10)8-11-5-2-6-13-11/h1-5,7,11,13H,6,8H2. The molecular formula is C11H12ClN. The largest absolute Gasteiger partial charge is 0.307 e. The Morgan fingerprint density at radius 3 is 3.08 bits per heavy atom. The number of hydrogen-bond acceptors (Lipinski definition) is 1. The van der Waals surface area contributed by atoms with E-state index in [0.29, 0.717) is 6.04 Å². The molecule has 1 aliphatic heterocycles. The maximum absolute atomic E-state index is 5.89. The smallest absolute Gasteiger partial charge is 0.0408 e. The monoisotopic (exact) mass is 193 g/mol. The third kappa shape index (κ3) is 2.33. The van der Waals surface area contributed by atoms with Crippen molar-refractivity contribution in [2.45, 2.75) is 12.5 Å². The second-order valence-corrected chi connectivity index (χ2v) is 3.71. The molecule has 2 rings (SSSR count). The van der Waals surface area contributed by atoms with Gasteiger partial charge in [0, 0.05) is 17.6 Å². The molecule has 0 fully saturated rings. The van der Waals surface area contributed by atoms with Gasteiger partial charge in [0.25, 0.3) is 0 Å². The van der Waals surface area contributed by atoms with Crippen LogP contribution in [0.2, 0.25) is 5.02 Å². The fourth-order valence-electron chi connectivity index (χ4n) is 1.58. The van der Waals surface area contributed by atoms with Crippen molar-refractivity contribution in [1.82, 2.24) is 5.32 Å². The SMILES string of the molecule is Clc1cccc(CC2C=CCN2)c1. The molecule has 1 heterocycles. The van der Waals surface area contributed by atoms with Crippen LogP contribution in [0.25, 0.3) is 0 Å². The molecule has 1 aliphatic rings. The molecule has 13 heavy (non-hydrogen) atoms. The summed E-state index contributed by atoms with van der Waals surface area (Å²) in [4.78, 5) is 0. The van der Waals surface area contributed by atoms with E-state index in [4.69, 9.17) is 11.6 Å². The van der Waals surface area contributed by atoms with Gasteiger partial charge in [-0.05, 0) is 24.1 Å². The van der Waals surface area contributed by atoms with Gasteiger partial charge in [-0.3, -0.25) is 0 Å². The molecule has 0 spiro atoms. The van der Waals surface area contributed by atoms with E-state index in [2.05, 4.69) is 23.5 Å². The van der Waals surface area contributed by atoms with Crippen molar-refractivity contribution >= 4 is 11.6 Å². The van der Waals surface area contributed by atoms with Gasteiger partial charge in [0.15, 0.2) is 0 Å². The molecule has 1 aromatic carbocycles. The van der Waals surface area contributed by atoms with Crippen LogP contribution in [-0.2, 0) is 6.42 Å². The lowest BCUT2D eigenvalue weighted by molar-refractivity contribution is 0.665. The first-order valence-corrected chi connectivity index (χ1v) is 4.87. The van der Waals surface area contributed by atoms with Crippen molar-refractivity contribution in [2.24, 2.45) is 0 Å². The van der Waals surface area contributed by atoms with Gasteiger partial charge in [-0.25, -0.2) is 0 Å². The van der Waals surface area contributed by atoms with Crippen LogP contribution in [0.5, 0.6) is 0 Å². The van der Waals surface area contributed by atoms with Crippen LogP contribution >= 0.6 is 11.6 Å². The minimum Gasteiger partial charge on any atom is -0.307 e. The maximum atomic E-state index is 5.89. The average Bonchev–Trinajstić information content (AvgIpc) is 2.57. The van der Waals surface area contributed by atoms with Gasteiger partial charge >= 0.3 is 0 Å². The Bertz CT molecular complexity index is 320. The fraction of sp³-hybridized carbons (Fsp3) is 0.273. The van der Waals surface area contributed by atoms with E-state index in [1.807, 2.05) is 18.2 Å². The van der Waals surface area contributed by atoms with E-state index >= 15 is 0 Å². The normalized spacial score (nSPS) is 20.8. The minimum absolute atomic E-state index is 0.485. The number of hydrogen-bond donors (Lipinski definition) is 1. The van der Waals surface area contributed by atoms with E-state index in [9.17, 15) is 0 Å². The molecule has 0 amide bonds. The Morgan fingerprint density at radius 1 is 1.46 bits per heavy atom. The molecule has 68 valence electrons. The summed E-state index contributed by atoms with van der Waals surface area (Å²) in [5, 5.41) is 4.19. The summed E-state index contributed by atoms with van der Waals surface area (Å²) in [6.45, 7) is 0.991. The lowest BCUT2D eigenvalue weighted by Crippen LogP contribution is -2.24. The highest BCUT2D eigenvalue weighted by Crippen LogP contribution is 2.13. The quantitative estimate of drug-likeness (QED) is 0.712. The first-order valence-electron chi connectivity index (χ1n) is 4.49. The lowest BCUT2D eigenvalue weighted by atomic mass is 10.1. The first kappa shape index (κ1) is 8.79. The molecule has 1 atom stereocenters. The number of rotatable bonds is 2. The van der Waals surface area contributed by atoms with Crippen LogP contribution in [-0.4, -0.2) is 12.6 Å². The van der Waals surface area contributed by atoms with E-state index in [1.165, 1.54) is 5.56 Å². The molecule has 0 aromatic heterocycles. The highest BCUT2D eigenvalue weighted by Gasteiger charge is 2.08. The molecule has 1 unspecified atom stereocenters. The highest BCUT2D eigenvalue weighted by atomic mass is 35.5. The van der Waals surface area contributed by atoms with Gasteiger partial charge in [-0.15, -0.1) is 0 Å². The first-order chi connectivity index (χ1) is 6.34. The highest BCUT2D eigenvalue weighted by molar-refractivity contribution is 6.30. The third-order valence-corrected chi connectivity index (χ3v) is 2.45. The van der Waals surface area contributed by atoms with E-state index < -0.39 is 0 Å². The molecule has 0 aliphatic carbocycles. The predicted octanol–water partition coefficient (Wildman–Crippen LogP) is 2.41. The summed E-state index contributed by atoms with van der Waals surface area (Å²) in [5.74, 6) is 0. The minimum atomic E-state index is 0.485. The topological polar surface area (TPSA) is 12.0 Å². The van der Waals surface area contributed by atoms with Crippen molar-refractivity contribution in [3.8, 4) is 0 Å². The van der Waals surface area contributed by atoms with Crippen molar-refractivity contribution < 1.29 is 0 Å². The molecule has 0 bridgehead atoms. The zero-order valence-corrected chi connectivity index (χ0v) is 8.09. The van der Waals surface area contributed by atoms with Crippen LogP contribution in [0.15, 0.2) is 36.4 Å². The average molecular weight is 194 g/mol. The van der Waals surface area contributed by atoms with Crippen LogP contribution in [0.3, 0.4) is 0 Å². The molecule has 1 nitrogen and oxygen atoms in total. The molecular weight excluding hydrogens is 182 g/mol. The van der Waals surface area contributed by atoms with Crippen LogP contribution in [0.1, 0.15) is 5.56 Å². The fourth-order valence-corrected chi connectivity index (χ4v) is 1.79. The number of benzene rings is 1. The molecule has 1 N–H and O–H groups in total. The van der Waals surface area contributed by atoms with Gasteiger partial charge < -0.3 is 5.32 Å². The van der Waals surface area contributed by atoms with E-state index in [-0.39, 0.29) is 0 Å². The zero-order chi connectivity index (χ0) is 9.10. The second-order valence-electron chi connectivity index (χ2n) is 3.28. The van der Waals surface area contributed by atoms with Crippen molar-refractivity contribution in [3.63, 3.8) is 0 Å². The van der Waals surface area contributed by atoms with E-state index in [0.717, 1.165) is 18.0 Å². The van der Waals surface area contributed by atoms with Gasteiger partial charge in [0.2, 0.25) is 0 Å². The zero-order valence-electron chi connectivity index (χ0n) is 7.33. The van der Waals surface area contributed by atoms with Crippen molar-refractivity contribution in [1.29, 1.82) is 0 Å². The van der Waals surface area contributed by atoms with Crippen LogP contribution in [0.4, 0.5) is 0 Å². The Kier molecular flexibility index (Phi) is 2.67. The summed E-state index contributed by atoms with van der Waals surface area (Å²) in [6, 6.07) is 8.52. The summed E-state index contributed by atoms with van der Waals surface area (Å²) in [6.07, 6.45) is 5.40.